The number of hydrogen-bond acceptors (Lipinski definition) is 17. The topological polar surface area (TPSA) is 265 Å². The van der Waals surface area contributed by atoms with Crippen LogP contribution in [0.3, 0.4) is 0 Å². The minimum Gasteiger partial charge on any atom is -0.444 e. The van der Waals surface area contributed by atoms with Gasteiger partial charge in [-0.3, -0.25) is 38.6 Å². The first-order valence-corrected chi connectivity index (χ1v) is 30.4. The van der Waals surface area contributed by atoms with Gasteiger partial charge in [0.2, 0.25) is 17.7 Å². The zero-order valence-electron chi connectivity index (χ0n) is 50.1. The fourth-order valence-corrected chi connectivity index (χ4v) is 11.7. The lowest BCUT2D eigenvalue weighted by atomic mass is 9.85. The molecule has 4 aliphatic heterocycles. The first-order chi connectivity index (χ1) is 41.0. The molecule has 0 bridgehead atoms. The summed E-state index contributed by atoms with van der Waals surface area (Å²) in [5.41, 5.74) is -0.788. The fourth-order valence-electron chi connectivity index (χ4n) is 11.4. The Kier molecular flexibility index (Phi) is 20.7. The third kappa shape index (κ3) is 17.3. The Morgan fingerprint density at radius 3 is 2.13 bits per heavy atom. The highest BCUT2D eigenvalue weighted by atomic mass is 35.5. The van der Waals surface area contributed by atoms with Crippen LogP contribution in [-0.2, 0) is 30.4 Å². The number of benzene rings is 1. The average Bonchev–Trinajstić information content (AvgIpc) is 1.73. The fraction of sp³-hybridized carbons (Fsp3) is 0.576. The van der Waals surface area contributed by atoms with E-state index in [9.17, 15) is 28.8 Å². The van der Waals surface area contributed by atoms with E-state index in [1.165, 1.54) is 17.4 Å². The van der Waals surface area contributed by atoms with Crippen LogP contribution >= 0.6 is 23.2 Å². The summed E-state index contributed by atoms with van der Waals surface area (Å²) in [4.78, 5) is 112. The molecule has 6 amide bonds. The van der Waals surface area contributed by atoms with Gasteiger partial charge in [-0.15, -0.1) is 5.10 Å². The van der Waals surface area contributed by atoms with Gasteiger partial charge in [-0.2, -0.15) is 0 Å². The van der Waals surface area contributed by atoms with Crippen LogP contribution in [0.4, 0.5) is 21.1 Å². The molecule has 5 aromatic rings. The summed E-state index contributed by atoms with van der Waals surface area (Å²) in [5.74, 6) is 0.267. The van der Waals surface area contributed by atoms with E-state index in [1.54, 1.807) is 69.5 Å². The highest BCUT2D eigenvalue weighted by Gasteiger charge is 2.45. The van der Waals surface area contributed by atoms with Crippen molar-refractivity contribution in [2.75, 3.05) is 121 Å². The van der Waals surface area contributed by atoms with Crippen molar-refractivity contribution in [3.63, 3.8) is 0 Å². The van der Waals surface area contributed by atoms with Gasteiger partial charge in [-0.25, -0.2) is 24.5 Å². The molecule has 0 radical (unpaired) electrons. The summed E-state index contributed by atoms with van der Waals surface area (Å²) >= 11 is 12.9. The van der Waals surface area contributed by atoms with Gasteiger partial charge in [0.1, 0.15) is 46.8 Å². The number of nitrogens with one attached hydrogen (secondary N) is 4. The Hall–Kier alpha value is -7.19. The maximum Gasteiger partial charge on any atom is 0.410 e. The Morgan fingerprint density at radius 2 is 1.47 bits per heavy atom. The second-order valence-electron chi connectivity index (χ2n) is 24.7. The molecule has 4 saturated heterocycles. The number of likely N-dealkylation sites (tertiary alicyclic amines) is 1. The van der Waals surface area contributed by atoms with Crippen molar-refractivity contribution in [2.45, 2.75) is 103 Å². The molecule has 9 rings (SSSR count). The number of anilines is 2. The van der Waals surface area contributed by atoms with Gasteiger partial charge < -0.3 is 50.0 Å². The summed E-state index contributed by atoms with van der Waals surface area (Å²) in [7, 11) is 0. The van der Waals surface area contributed by atoms with Gasteiger partial charge >= 0.3 is 12.2 Å². The van der Waals surface area contributed by atoms with E-state index in [-0.39, 0.29) is 47.3 Å². The number of nitrogens with zero attached hydrogens (tertiary/aromatic N) is 13. The lowest BCUT2D eigenvalue weighted by Crippen LogP contribution is -2.64. The predicted molar refractivity (Wildman–Crippen MR) is 325 cm³/mol. The number of halogens is 2. The van der Waals surface area contributed by atoms with Gasteiger partial charge in [0.25, 0.3) is 5.91 Å². The number of ether oxygens (including phenoxy) is 2. The number of H-pyrrole nitrogens is 1. The highest BCUT2D eigenvalue weighted by Crippen LogP contribution is 2.32. The normalized spacial score (nSPS) is 17.9. The molecule has 4 aliphatic rings. The number of aromatic amines is 1. The Labute approximate surface area is 511 Å². The molecule has 25 nitrogen and oxygen atoms in total. The SMILES string of the molecule is CC(C)(C)OC(=O)NC1(C(=O)N[C@@H](CCN2CCN(C(=O)CN3CCN(CC4CCN(C(=O)c5ccc(NC(=O)CN(CCn6ccnn6)C(=O)OC(C)(C)C)c(Cl)n5)CC4)CC3)CC2)c2ccc(Cl)cc2)CCN(c2ncnc3[nH]ccc23)CC1. The number of rotatable bonds is 19. The smallest absolute Gasteiger partial charge is 0.410 e. The van der Waals surface area contributed by atoms with Gasteiger partial charge in [-0.1, -0.05) is 40.5 Å². The third-order valence-corrected chi connectivity index (χ3v) is 16.6. The van der Waals surface area contributed by atoms with E-state index < -0.39 is 40.9 Å². The van der Waals surface area contributed by atoms with E-state index >= 15 is 0 Å². The highest BCUT2D eigenvalue weighted by molar-refractivity contribution is 6.32. The number of carbonyl (C=O) groups excluding carboxylic acids is 6. The number of aromatic nitrogens is 7. The lowest BCUT2D eigenvalue weighted by Gasteiger charge is -2.42. The molecule has 0 unspecified atom stereocenters. The van der Waals surface area contributed by atoms with Crippen molar-refractivity contribution >= 4 is 81.6 Å². The van der Waals surface area contributed by atoms with E-state index in [4.69, 9.17) is 32.7 Å². The molecule has 4 aromatic heterocycles. The Bertz CT molecular complexity index is 3120. The molecule has 0 spiro atoms. The molecular formula is C59H81Cl2N17O8. The van der Waals surface area contributed by atoms with Crippen molar-refractivity contribution in [3.8, 4) is 0 Å². The zero-order valence-corrected chi connectivity index (χ0v) is 51.6. The van der Waals surface area contributed by atoms with Crippen molar-refractivity contribution in [1.82, 2.24) is 75.0 Å². The number of hydrogen-bond donors (Lipinski definition) is 4. The number of carbonyl (C=O) groups is 6. The molecule has 8 heterocycles. The number of piperidine rings is 2. The zero-order chi connectivity index (χ0) is 61.2. The standard InChI is InChI=1S/C59H81Cl2N17O8/c1-57(2,3)85-55(83)69-59(17-24-75(25-18-59)52-44-13-19-62-51(44)63-40-64-52)54(82)68-45(42-7-9-43(60)10-8-42)16-21-71-31-33-74(34-32-71)49(80)39-73-29-27-72(28-30-73)37-41-14-22-76(23-15-41)53(81)47-12-11-46(50(61)67-47)66-48(79)38-77(56(84)86-58(4,5)6)35-36-78-26-20-65-70-78/h7-13,19-20,26,40-41,45H,14-18,21-25,27-39H2,1-6H3,(H,66,79)(H,68,82)(H,69,83)(H,62,63,64)/t45-/m0/s1. The maximum absolute atomic E-state index is 14.8. The molecule has 464 valence electrons. The van der Waals surface area contributed by atoms with Crippen LogP contribution in [-0.4, -0.2) is 228 Å². The van der Waals surface area contributed by atoms with E-state index in [0.29, 0.717) is 102 Å². The molecule has 86 heavy (non-hydrogen) atoms. The molecule has 4 fully saturated rings. The van der Waals surface area contributed by atoms with Gasteiger partial charge in [0.05, 0.1) is 36.4 Å². The maximum atomic E-state index is 14.8. The number of fused-ring (bicyclic) bond motifs is 1. The third-order valence-electron chi connectivity index (χ3n) is 16.1. The van der Waals surface area contributed by atoms with Crippen LogP contribution in [0.15, 0.2) is 67.4 Å². The molecule has 27 heteroatoms. The van der Waals surface area contributed by atoms with Crippen LogP contribution in [0.25, 0.3) is 11.0 Å². The van der Waals surface area contributed by atoms with Crippen molar-refractivity contribution in [1.29, 1.82) is 0 Å². The summed E-state index contributed by atoms with van der Waals surface area (Å²) in [5, 5.41) is 18.2. The van der Waals surface area contributed by atoms with Gasteiger partial charge in [0.15, 0.2) is 5.15 Å². The summed E-state index contributed by atoms with van der Waals surface area (Å²) in [6.45, 7) is 20.7. The first-order valence-electron chi connectivity index (χ1n) is 29.7. The Morgan fingerprint density at radius 1 is 0.779 bits per heavy atom. The summed E-state index contributed by atoms with van der Waals surface area (Å²) < 4.78 is 12.8. The van der Waals surface area contributed by atoms with E-state index in [2.05, 4.69) is 65.8 Å². The average molecular weight is 1230 g/mol. The van der Waals surface area contributed by atoms with Crippen molar-refractivity contribution in [2.24, 2.45) is 5.92 Å². The van der Waals surface area contributed by atoms with Gasteiger partial charge in [-0.05, 0) is 115 Å². The molecule has 1 atom stereocenters. The Balaban J connectivity index is 0.694. The van der Waals surface area contributed by atoms with E-state index in [1.807, 2.05) is 41.4 Å². The summed E-state index contributed by atoms with van der Waals surface area (Å²) in [6.07, 6.45) is 8.12. The number of amides is 6. The molecule has 1 aromatic carbocycles. The second-order valence-corrected chi connectivity index (χ2v) is 25.5. The molecular weight excluding hydrogens is 1150 g/mol. The number of alkyl carbamates (subject to hydrolysis) is 1. The second kappa shape index (κ2) is 28.1. The van der Waals surface area contributed by atoms with Crippen molar-refractivity contribution < 1.29 is 38.2 Å². The molecule has 0 saturated carbocycles. The molecule has 4 N–H and O–H groups in total. The molecule has 0 aliphatic carbocycles. The van der Waals surface area contributed by atoms with Crippen LogP contribution in [0.1, 0.15) is 95.7 Å². The van der Waals surface area contributed by atoms with E-state index in [0.717, 1.165) is 68.0 Å². The minimum atomic E-state index is -1.26. The van der Waals surface area contributed by atoms with Gasteiger partial charge in [0, 0.05) is 116 Å². The van der Waals surface area contributed by atoms with Crippen LogP contribution in [0.5, 0.6) is 0 Å². The van der Waals surface area contributed by atoms with Crippen LogP contribution in [0, 0.1) is 5.92 Å². The largest absolute Gasteiger partial charge is 0.444 e. The number of piperazine rings is 2. The number of pyridine rings is 1. The minimum absolute atomic E-state index is 0.0418. The first kappa shape index (κ1) is 63.3. The quantitative estimate of drug-likeness (QED) is 0.0738. The summed E-state index contributed by atoms with van der Waals surface area (Å²) in [6, 6.07) is 12.1. The van der Waals surface area contributed by atoms with Crippen molar-refractivity contribution in [3.05, 3.63) is 88.8 Å². The monoisotopic (exact) mass is 1230 g/mol. The predicted octanol–water partition coefficient (Wildman–Crippen LogP) is 5.55. The van der Waals surface area contributed by atoms with Crippen LogP contribution in [0.2, 0.25) is 10.2 Å². The van der Waals surface area contributed by atoms with Crippen LogP contribution < -0.4 is 20.9 Å². The lowest BCUT2D eigenvalue weighted by molar-refractivity contribution is -0.134.